The molecule has 1 aromatic heterocycles. The lowest BCUT2D eigenvalue weighted by molar-refractivity contribution is -0.856. The smallest absolute Gasteiger partial charge is 0.268 e. The van der Waals surface area contributed by atoms with Crippen LogP contribution in [0.3, 0.4) is 0 Å². The van der Waals surface area contributed by atoms with Gasteiger partial charge in [-0.3, -0.25) is 9.59 Å². The van der Waals surface area contributed by atoms with Crippen molar-refractivity contribution in [3.8, 4) is 0 Å². The Kier molecular flexibility index (Phi) is 6.33. The van der Waals surface area contributed by atoms with Crippen LogP contribution in [0.25, 0.3) is 6.08 Å². The average Bonchev–Trinajstić information content (AvgIpc) is 3.07. The van der Waals surface area contributed by atoms with Crippen molar-refractivity contribution in [3.05, 3.63) is 65.7 Å². The monoisotopic (exact) mass is 328 g/mol. The molecule has 0 bridgehead atoms. The Bertz CT molecular complexity index is 692. The first-order chi connectivity index (χ1) is 11.6. The second-order valence-electron chi connectivity index (χ2n) is 5.61. The number of carbonyl (C=O) groups is 2. The highest BCUT2D eigenvalue weighted by molar-refractivity contribution is 6.05. The van der Waals surface area contributed by atoms with Gasteiger partial charge in [0, 0.05) is 11.6 Å². The third kappa shape index (κ3) is 5.40. The van der Waals surface area contributed by atoms with Gasteiger partial charge in [-0.1, -0.05) is 18.2 Å². The molecule has 0 atom stereocenters. The number of amides is 2. The SMILES string of the molecule is C[NH+](C)CCNC(=O)/C(=C\c1ccco1)NC(=O)c1ccccc1. The number of carbonyl (C=O) groups excluding carboxylic acids is 2. The largest absolute Gasteiger partial charge is 0.465 e. The number of benzene rings is 1. The maximum absolute atomic E-state index is 12.4. The van der Waals surface area contributed by atoms with E-state index in [-0.39, 0.29) is 17.5 Å². The molecule has 3 N–H and O–H groups in total. The number of likely N-dealkylation sites (N-methyl/N-ethyl adjacent to an activating group) is 1. The predicted molar refractivity (Wildman–Crippen MR) is 91.3 cm³/mol. The van der Waals surface area contributed by atoms with Gasteiger partial charge in [0.2, 0.25) is 0 Å². The van der Waals surface area contributed by atoms with Crippen LogP contribution in [0.1, 0.15) is 16.1 Å². The highest BCUT2D eigenvalue weighted by Crippen LogP contribution is 2.07. The van der Waals surface area contributed by atoms with Crippen molar-refractivity contribution in [1.82, 2.24) is 10.6 Å². The molecule has 0 fully saturated rings. The Balaban J connectivity index is 2.11. The first-order valence-electron chi connectivity index (χ1n) is 7.75. The van der Waals surface area contributed by atoms with E-state index in [9.17, 15) is 9.59 Å². The summed E-state index contributed by atoms with van der Waals surface area (Å²) < 4.78 is 5.23. The normalized spacial score (nSPS) is 11.4. The van der Waals surface area contributed by atoms with E-state index in [1.165, 1.54) is 17.2 Å². The maximum atomic E-state index is 12.4. The van der Waals surface area contributed by atoms with Crippen LogP contribution in [0.15, 0.2) is 58.8 Å². The molecule has 0 aliphatic carbocycles. The van der Waals surface area contributed by atoms with Crippen LogP contribution in [-0.4, -0.2) is 39.0 Å². The lowest BCUT2D eigenvalue weighted by atomic mass is 10.2. The van der Waals surface area contributed by atoms with Crippen molar-refractivity contribution in [2.24, 2.45) is 0 Å². The van der Waals surface area contributed by atoms with Gasteiger partial charge < -0.3 is 20.0 Å². The zero-order valence-electron chi connectivity index (χ0n) is 13.8. The molecular formula is C18H22N3O3+. The van der Waals surface area contributed by atoms with Crippen molar-refractivity contribution in [3.63, 3.8) is 0 Å². The van der Waals surface area contributed by atoms with E-state index in [2.05, 4.69) is 10.6 Å². The van der Waals surface area contributed by atoms with Crippen molar-refractivity contribution in [2.45, 2.75) is 0 Å². The minimum Gasteiger partial charge on any atom is -0.465 e. The first-order valence-corrected chi connectivity index (χ1v) is 7.75. The molecule has 2 amide bonds. The summed E-state index contributed by atoms with van der Waals surface area (Å²) in [6.07, 6.45) is 3.02. The fourth-order valence-electron chi connectivity index (χ4n) is 1.98. The zero-order valence-corrected chi connectivity index (χ0v) is 13.8. The second kappa shape index (κ2) is 8.69. The van der Waals surface area contributed by atoms with Gasteiger partial charge >= 0.3 is 0 Å². The molecule has 6 heteroatoms. The summed E-state index contributed by atoms with van der Waals surface area (Å²) in [5.41, 5.74) is 0.626. The van der Waals surface area contributed by atoms with E-state index < -0.39 is 0 Å². The zero-order chi connectivity index (χ0) is 17.4. The Morgan fingerprint density at radius 3 is 2.50 bits per heavy atom. The van der Waals surface area contributed by atoms with Crippen LogP contribution in [0, 0.1) is 0 Å². The number of furan rings is 1. The quantitative estimate of drug-likeness (QED) is 0.641. The Hall–Kier alpha value is -2.86. The van der Waals surface area contributed by atoms with Crippen LogP contribution in [-0.2, 0) is 4.79 Å². The Morgan fingerprint density at radius 2 is 1.88 bits per heavy atom. The van der Waals surface area contributed by atoms with E-state index >= 15 is 0 Å². The third-order valence-electron chi connectivity index (χ3n) is 3.27. The molecule has 0 unspecified atom stereocenters. The second-order valence-corrected chi connectivity index (χ2v) is 5.61. The van der Waals surface area contributed by atoms with Gasteiger partial charge in [-0.2, -0.15) is 0 Å². The number of quaternary nitrogens is 1. The molecule has 0 aliphatic heterocycles. The van der Waals surface area contributed by atoms with Crippen LogP contribution in [0.5, 0.6) is 0 Å². The van der Waals surface area contributed by atoms with Gasteiger partial charge in [0.05, 0.1) is 33.4 Å². The molecular weight excluding hydrogens is 306 g/mol. The van der Waals surface area contributed by atoms with Gasteiger partial charge in [0.15, 0.2) is 0 Å². The minimum atomic E-state index is -0.350. The number of rotatable bonds is 7. The first kappa shape index (κ1) is 17.5. The van der Waals surface area contributed by atoms with E-state index in [4.69, 9.17) is 4.42 Å². The number of nitrogens with one attached hydrogen (secondary N) is 3. The van der Waals surface area contributed by atoms with Crippen LogP contribution < -0.4 is 15.5 Å². The predicted octanol–water partition coefficient (Wildman–Crippen LogP) is 0.311. The molecule has 0 radical (unpaired) electrons. The summed E-state index contributed by atoms with van der Waals surface area (Å²) >= 11 is 0. The Morgan fingerprint density at radius 1 is 1.12 bits per heavy atom. The summed E-state index contributed by atoms with van der Waals surface area (Å²) in [7, 11) is 4.01. The van der Waals surface area contributed by atoms with E-state index in [0.717, 1.165) is 6.54 Å². The summed E-state index contributed by atoms with van der Waals surface area (Å²) in [5, 5.41) is 5.45. The van der Waals surface area contributed by atoms with Gasteiger partial charge in [-0.25, -0.2) is 0 Å². The highest BCUT2D eigenvalue weighted by atomic mass is 16.3. The van der Waals surface area contributed by atoms with Crippen molar-refractivity contribution in [1.29, 1.82) is 0 Å². The van der Waals surface area contributed by atoms with Crippen molar-refractivity contribution >= 4 is 17.9 Å². The lowest BCUT2D eigenvalue weighted by Gasteiger charge is -2.12. The van der Waals surface area contributed by atoms with E-state index in [0.29, 0.717) is 17.9 Å². The molecule has 2 aromatic rings. The minimum absolute atomic E-state index is 0.146. The Labute approximate surface area is 141 Å². The molecule has 2 rings (SSSR count). The van der Waals surface area contributed by atoms with E-state index in [1.807, 2.05) is 20.2 Å². The molecule has 126 valence electrons. The molecule has 24 heavy (non-hydrogen) atoms. The summed E-state index contributed by atoms with van der Waals surface area (Å²) in [4.78, 5) is 25.9. The summed E-state index contributed by atoms with van der Waals surface area (Å²) in [6, 6.07) is 12.2. The van der Waals surface area contributed by atoms with Crippen molar-refractivity contribution < 1.29 is 18.9 Å². The topological polar surface area (TPSA) is 75.8 Å². The number of hydrogen-bond acceptors (Lipinski definition) is 3. The van der Waals surface area contributed by atoms with E-state index in [1.54, 1.807) is 36.4 Å². The lowest BCUT2D eigenvalue weighted by Crippen LogP contribution is -3.06. The van der Waals surface area contributed by atoms with Crippen LogP contribution in [0.2, 0.25) is 0 Å². The van der Waals surface area contributed by atoms with Crippen LogP contribution >= 0.6 is 0 Å². The van der Waals surface area contributed by atoms with Gasteiger partial charge in [0.25, 0.3) is 11.8 Å². The standard InChI is InChI=1S/C18H21N3O3/c1-21(2)11-10-19-18(23)16(13-15-9-6-12-24-15)20-17(22)14-7-4-3-5-8-14/h3-9,12-13H,10-11H2,1-2H3,(H,19,23)(H,20,22)/p+1/b16-13+. The molecule has 0 saturated carbocycles. The highest BCUT2D eigenvalue weighted by Gasteiger charge is 2.15. The molecule has 6 nitrogen and oxygen atoms in total. The van der Waals surface area contributed by atoms with Crippen molar-refractivity contribution in [2.75, 3.05) is 27.2 Å². The average molecular weight is 328 g/mol. The van der Waals surface area contributed by atoms with Crippen LogP contribution in [0.4, 0.5) is 0 Å². The molecule has 0 saturated heterocycles. The molecule has 1 heterocycles. The molecule has 1 aromatic carbocycles. The maximum Gasteiger partial charge on any atom is 0.268 e. The third-order valence-corrected chi connectivity index (χ3v) is 3.27. The van der Waals surface area contributed by atoms with Gasteiger partial charge in [-0.15, -0.1) is 0 Å². The van der Waals surface area contributed by atoms with Gasteiger partial charge in [-0.05, 0) is 24.3 Å². The molecule has 0 spiro atoms. The van der Waals surface area contributed by atoms with Gasteiger partial charge in [0.1, 0.15) is 11.5 Å². The number of hydrogen-bond donors (Lipinski definition) is 3. The summed E-state index contributed by atoms with van der Waals surface area (Å²) in [5.74, 6) is -0.203. The summed E-state index contributed by atoms with van der Waals surface area (Å²) in [6.45, 7) is 1.30. The molecule has 0 aliphatic rings. The fourth-order valence-corrected chi connectivity index (χ4v) is 1.98. The fraction of sp³-hybridized carbons (Fsp3) is 0.222.